The summed E-state index contributed by atoms with van der Waals surface area (Å²) in [6.45, 7) is 5.34. The van der Waals surface area contributed by atoms with Gasteiger partial charge in [0.25, 0.3) is 10.2 Å². The van der Waals surface area contributed by atoms with Crippen LogP contribution < -0.4 is 9.44 Å². The number of hydrogen-bond acceptors (Lipinski definition) is 3. The van der Waals surface area contributed by atoms with Gasteiger partial charge in [-0.2, -0.15) is 17.9 Å². The molecular formula is C8H18N2O3S. The lowest BCUT2D eigenvalue weighted by atomic mass is 9.91. The van der Waals surface area contributed by atoms with Gasteiger partial charge in [0.2, 0.25) is 0 Å². The topological polar surface area (TPSA) is 78.4 Å². The van der Waals surface area contributed by atoms with E-state index in [9.17, 15) is 8.42 Å². The van der Waals surface area contributed by atoms with Crippen LogP contribution in [0.15, 0.2) is 0 Å². The molecule has 3 N–H and O–H groups in total. The summed E-state index contributed by atoms with van der Waals surface area (Å²) in [4.78, 5) is 0. The predicted octanol–water partition coefficient (Wildman–Crippen LogP) is -0.268. The summed E-state index contributed by atoms with van der Waals surface area (Å²) in [5, 5.41) is 8.99. The Morgan fingerprint density at radius 3 is 2.14 bits per heavy atom. The molecule has 1 saturated carbocycles. The lowest BCUT2D eigenvalue weighted by Gasteiger charge is -2.32. The zero-order valence-corrected chi connectivity index (χ0v) is 9.56. The normalized spacial score (nSPS) is 28.6. The van der Waals surface area contributed by atoms with Crippen LogP contribution in [0.4, 0.5) is 0 Å². The molecule has 84 valence electrons. The van der Waals surface area contributed by atoms with Crippen molar-refractivity contribution in [2.75, 3.05) is 0 Å². The van der Waals surface area contributed by atoms with E-state index in [-0.39, 0.29) is 12.1 Å². The average molecular weight is 222 g/mol. The minimum Gasteiger partial charge on any atom is -0.393 e. The third kappa shape index (κ3) is 3.91. The molecule has 5 nitrogen and oxygen atoms in total. The number of rotatable bonds is 3. The minimum absolute atomic E-state index is 0.121. The predicted molar refractivity (Wildman–Crippen MR) is 54.0 cm³/mol. The molecule has 0 amide bonds. The molecule has 1 aliphatic carbocycles. The van der Waals surface area contributed by atoms with Crippen LogP contribution in [0.2, 0.25) is 0 Å². The fourth-order valence-corrected chi connectivity index (χ4v) is 2.83. The first kappa shape index (κ1) is 11.9. The van der Waals surface area contributed by atoms with Gasteiger partial charge in [0, 0.05) is 11.6 Å². The Kier molecular flexibility index (Phi) is 3.20. The van der Waals surface area contributed by atoms with Gasteiger partial charge in [-0.1, -0.05) is 0 Å². The lowest BCUT2D eigenvalue weighted by Crippen LogP contribution is -2.54. The molecule has 0 aromatic carbocycles. The summed E-state index contributed by atoms with van der Waals surface area (Å²) in [6, 6.07) is -0.121. The molecule has 1 aliphatic rings. The Hall–Kier alpha value is -0.170. The molecule has 0 aromatic heterocycles. The van der Waals surface area contributed by atoms with Crippen LogP contribution >= 0.6 is 0 Å². The smallest absolute Gasteiger partial charge is 0.277 e. The largest absolute Gasteiger partial charge is 0.393 e. The molecule has 1 fully saturated rings. The average Bonchev–Trinajstić information content (AvgIpc) is 1.76. The van der Waals surface area contributed by atoms with Crippen LogP contribution in [0.1, 0.15) is 33.6 Å². The van der Waals surface area contributed by atoms with E-state index < -0.39 is 15.7 Å². The Bertz CT molecular complexity index is 288. The molecule has 0 spiro atoms. The lowest BCUT2D eigenvalue weighted by molar-refractivity contribution is 0.0710. The van der Waals surface area contributed by atoms with E-state index in [1.54, 1.807) is 20.8 Å². The van der Waals surface area contributed by atoms with Crippen molar-refractivity contribution in [2.45, 2.75) is 51.3 Å². The minimum atomic E-state index is -3.43. The zero-order chi connectivity index (χ0) is 11.0. The summed E-state index contributed by atoms with van der Waals surface area (Å²) in [6.07, 6.45) is 0.660. The second-order valence-corrected chi connectivity index (χ2v) is 6.24. The van der Waals surface area contributed by atoms with Crippen molar-refractivity contribution in [2.24, 2.45) is 0 Å². The number of nitrogens with one attached hydrogen (secondary N) is 2. The van der Waals surface area contributed by atoms with E-state index in [2.05, 4.69) is 9.44 Å². The molecule has 0 aromatic rings. The van der Waals surface area contributed by atoms with E-state index in [1.807, 2.05) is 0 Å². The van der Waals surface area contributed by atoms with Gasteiger partial charge in [-0.05, 0) is 33.6 Å². The van der Waals surface area contributed by atoms with Crippen molar-refractivity contribution >= 4 is 10.2 Å². The van der Waals surface area contributed by atoms with Crippen molar-refractivity contribution < 1.29 is 13.5 Å². The van der Waals surface area contributed by atoms with Crippen molar-refractivity contribution in [3.05, 3.63) is 0 Å². The number of aliphatic hydroxyl groups is 1. The summed E-state index contributed by atoms with van der Waals surface area (Å²) in [7, 11) is -3.43. The van der Waals surface area contributed by atoms with Crippen LogP contribution in [-0.4, -0.2) is 31.2 Å². The van der Waals surface area contributed by atoms with E-state index in [0.717, 1.165) is 0 Å². The molecule has 1 rings (SSSR count). The fourth-order valence-electron chi connectivity index (χ4n) is 1.34. The molecular weight excluding hydrogens is 204 g/mol. The molecule has 0 atom stereocenters. The van der Waals surface area contributed by atoms with Crippen LogP contribution in [-0.2, 0) is 10.2 Å². The molecule has 14 heavy (non-hydrogen) atoms. The summed E-state index contributed by atoms with van der Waals surface area (Å²) in [5.41, 5.74) is -0.478. The third-order valence-corrected chi connectivity index (χ3v) is 3.40. The molecule has 0 heterocycles. The maximum atomic E-state index is 11.5. The number of aliphatic hydroxyl groups excluding tert-OH is 1. The van der Waals surface area contributed by atoms with Gasteiger partial charge in [-0.3, -0.25) is 0 Å². The summed E-state index contributed by atoms with van der Waals surface area (Å²) < 4.78 is 27.9. The quantitative estimate of drug-likeness (QED) is 0.615. The Morgan fingerprint density at radius 1 is 1.29 bits per heavy atom. The monoisotopic (exact) mass is 222 g/mol. The highest BCUT2D eigenvalue weighted by atomic mass is 32.2. The third-order valence-electron chi connectivity index (χ3n) is 1.88. The van der Waals surface area contributed by atoms with E-state index >= 15 is 0 Å². The van der Waals surface area contributed by atoms with Crippen LogP contribution in [0, 0.1) is 0 Å². The number of hydrogen-bond donors (Lipinski definition) is 3. The maximum absolute atomic E-state index is 11.5. The summed E-state index contributed by atoms with van der Waals surface area (Å²) in [5.74, 6) is 0. The highest BCUT2D eigenvalue weighted by molar-refractivity contribution is 7.87. The van der Waals surface area contributed by atoms with Gasteiger partial charge in [-0.15, -0.1) is 0 Å². The SMILES string of the molecule is CC(C)(C)NS(=O)(=O)NC1CC(O)C1. The maximum Gasteiger partial charge on any atom is 0.277 e. The molecule has 6 heteroatoms. The second-order valence-electron chi connectivity index (χ2n) is 4.80. The Morgan fingerprint density at radius 2 is 1.79 bits per heavy atom. The van der Waals surface area contributed by atoms with Gasteiger partial charge < -0.3 is 5.11 Å². The van der Waals surface area contributed by atoms with E-state index in [1.165, 1.54) is 0 Å². The van der Waals surface area contributed by atoms with Gasteiger partial charge in [-0.25, -0.2) is 0 Å². The van der Waals surface area contributed by atoms with Gasteiger partial charge >= 0.3 is 0 Å². The highest BCUT2D eigenvalue weighted by Crippen LogP contribution is 2.20. The van der Waals surface area contributed by atoms with Crippen molar-refractivity contribution in [1.29, 1.82) is 0 Å². The second kappa shape index (κ2) is 3.77. The van der Waals surface area contributed by atoms with Gasteiger partial charge in [0.15, 0.2) is 0 Å². The van der Waals surface area contributed by atoms with Crippen LogP contribution in [0.3, 0.4) is 0 Å². The first-order valence-electron chi connectivity index (χ1n) is 4.67. The molecule has 0 aliphatic heterocycles. The zero-order valence-electron chi connectivity index (χ0n) is 8.74. The van der Waals surface area contributed by atoms with E-state index in [4.69, 9.17) is 5.11 Å². The fraction of sp³-hybridized carbons (Fsp3) is 1.00. The molecule has 0 bridgehead atoms. The van der Waals surface area contributed by atoms with Crippen molar-refractivity contribution in [1.82, 2.24) is 9.44 Å². The highest BCUT2D eigenvalue weighted by Gasteiger charge is 2.31. The van der Waals surface area contributed by atoms with Crippen molar-refractivity contribution in [3.63, 3.8) is 0 Å². The Balaban J connectivity index is 2.43. The van der Waals surface area contributed by atoms with Crippen molar-refractivity contribution in [3.8, 4) is 0 Å². The van der Waals surface area contributed by atoms with E-state index in [0.29, 0.717) is 12.8 Å². The summed E-state index contributed by atoms with van der Waals surface area (Å²) >= 11 is 0. The first-order chi connectivity index (χ1) is 6.18. The van der Waals surface area contributed by atoms with Crippen LogP contribution in [0.5, 0.6) is 0 Å². The Labute approximate surface area is 85.1 Å². The van der Waals surface area contributed by atoms with Gasteiger partial charge in [0.1, 0.15) is 0 Å². The van der Waals surface area contributed by atoms with Gasteiger partial charge in [0.05, 0.1) is 6.10 Å². The van der Waals surface area contributed by atoms with Crippen LogP contribution in [0.25, 0.3) is 0 Å². The first-order valence-corrected chi connectivity index (χ1v) is 6.15. The molecule has 0 unspecified atom stereocenters. The molecule has 0 saturated heterocycles. The standard InChI is InChI=1S/C8H18N2O3S/c1-8(2,3)10-14(12,13)9-6-4-7(11)5-6/h6-7,9-11H,4-5H2,1-3H3. The molecule has 0 radical (unpaired) electrons.